The van der Waals surface area contributed by atoms with Crippen molar-refractivity contribution in [3.05, 3.63) is 0 Å². The molecular weight excluding hydrogens is 202 g/mol. The Morgan fingerprint density at radius 1 is 1.40 bits per heavy atom. The molecule has 15 heavy (non-hydrogen) atoms. The maximum absolute atomic E-state index is 9.95. The normalized spacial score (nSPS) is 46.4. The molecule has 0 unspecified atom stereocenters. The average molecular weight is 221 g/mol. The second kappa shape index (κ2) is 4.32. The Morgan fingerprint density at radius 2 is 1.93 bits per heavy atom. The van der Waals surface area contributed by atoms with Gasteiger partial charge < -0.3 is 30.9 Å². The van der Waals surface area contributed by atoms with Crippen molar-refractivity contribution < 1.29 is 25.2 Å². The summed E-state index contributed by atoms with van der Waals surface area (Å²) in [7, 11) is 0. The molecule has 90 valence electrons. The quantitative estimate of drug-likeness (QED) is 0.362. The van der Waals surface area contributed by atoms with E-state index in [1.54, 1.807) is 13.8 Å². The van der Waals surface area contributed by atoms with Gasteiger partial charge in [0.2, 0.25) is 0 Å². The van der Waals surface area contributed by atoms with Crippen molar-refractivity contribution in [3.63, 3.8) is 0 Å². The summed E-state index contributed by atoms with van der Waals surface area (Å²) in [5.41, 5.74) is 3.71. The molecule has 5 atom stereocenters. The molecular formula is C9H19NO5. The Morgan fingerprint density at radius 3 is 2.33 bits per heavy atom. The van der Waals surface area contributed by atoms with Crippen LogP contribution in [0.25, 0.3) is 0 Å². The van der Waals surface area contributed by atoms with Gasteiger partial charge in [0.1, 0.15) is 23.9 Å². The predicted octanol–water partition coefficient (Wildman–Crippen LogP) is -2.43. The lowest BCUT2D eigenvalue weighted by atomic mass is 9.98. The molecule has 6 heteroatoms. The third-order valence-electron chi connectivity index (χ3n) is 2.74. The Hall–Kier alpha value is -0.240. The van der Waals surface area contributed by atoms with Crippen LogP contribution < -0.4 is 5.73 Å². The highest BCUT2D eigenvalue weighted by Gasteiger charge is 2.59. The van der Waals surface area contributed by atoms with E-state index in [-0.39, 0.29) is 6.10 Å². The van der Waals surface area contributed by atoms with Crippen molar-refractivity contribution in [2.45, 2.75) is 49.9 Å². The minimum Gasteiger partial charge on any atom is -0.393 e. The SMILES string of the molecule is CC(C)O[C@H]1[C@H](N)[C@@H](O)[C@H](O)[C@]1(O)CO. The number of aliphatic hydroxyl groups excluding tert-OH is 3. The third-order valence-corrected chi connectivity index (χ3v) is 2.74. The molecule has 0 aromatic carbocycles. The van der Waals surface area contributed by atoms with Gasteiger partial charge in [-0.05, 0) is 13.8 Å². The first-order valence-electron chi connectivity index (χ1n) is 4.95. The first-order valence-corrected chi connectivity index (χ1v) is 4.95. The molecule has 0 aromatic heterocycles. The maximum Gasteiger partial charge on any atom is 0.144 e. The molecule has 0 aliphatic heterocycles. The highest BCUT2D eigenvalue weighted by Crippen LogP contribution is 2.33. The van der Waals surface area contributed by atoms with Gasteiger partial charge in [-0.2, -0.15) is 0 Å². The predicted molar refractivity (Wildman–Crippen MR) is 52.0 cm³/mol. The summed E-state index contributed by atoms with van der Waals surface area (Å²) in [4.78, 5) is 0. The van der Waals surface area contributed by atoms with E-state index in [0.717, 1.165) is 0 Å². The molecule has 1 aliphatic rings. The van der Waals surface area contributed by atoms with Crippen LogP contribution in [0.1, 0.15) is 13.8 Å². The average Bonchev–Trinajstić information content (AvgIpc) is 2.34. The van der Waals surface area contributed by atoms with Gasteiger partial charge in [-0.25, -0.2) is 0 Å². The maximum atomic E-state index is 9.95. The van der Waals surface area contributed by atoms with Crippen LogP contribution in [0.5, 0.6) is 0 Å². The van der Waals surface area contributed by atoms with Crippen LogP contribution in [0.4, 0.5) is 0 Å². The van der Waals surface area contributed by atoms with Gasteiger partial charge in [-0.3, -0.25) is 0 Å². The molecule has 0 radical (unpaired) electrons. The van der Waals surface area contributed by atoms with E-state index in [4.69, 9.17) is 15.6 Å². The lowest BCUT2D eigenvalue weighted by molar-refractivity contribution is -0.172. The summed E-state index contributed by atoms with van der Waals surface area (Å²) in [6.07, 6.45) is -4.00. The van der Waals surface area contributed by atoms with Crippen molar-refractivity contribution in [1.29, 1.82) is 0 Å². The zero-order valence-electron chi connectivity index (χ0n) is 8.87. The lowest BCUT2D eigenvalue weighted by Crippen LogP contribution is -2.54. The standard InChI is InChI=1S/C9H19NO5/c1-4(2)15-8-5(10)6(12)7(13)9(8,14)3-11/h4-8,11-14H,3,10H2,1-2H3/t5-,6-,7+,8+,9-/m1/s1. The highest BCUT2D eigenvalue weighted by atomic mass is 16.5. The van der Waals surface area contributed by atoms with Crippen molar-refractivity contribution in [2.75, 3.05) is 6.61 Å². The zero-order valence-corrected chi connectivity index (χ0v) is 8.87. The lowest BCUT2D eigenvalue weighted by Gasteiger charge is -2.32. The van der Waals surface area contributed by atoms with Crippen LogP contribution in [0.15, 0.2) is 0 Å². The topological polar surface area (TPSA) is 116 Å². The molecule has 0 aromatic rings. The molecule has 0 saturated heterocycles. The molecule has 1 aliphatic carbocycles. The fourth-order valence-corrected chi connectivity index (χ4v) is 1.87. The minimum atomic E-state index is -1.90. The third kappa shape index (κ3) is 2.01. The van der Waals surface area contributed by atoms with E-state index < -0.39 is 36.6 Å². The van der Waals surface area contributed by atoms with E-state index in [2.05, 4.69) is 0 Å². The molecule has 1 rings (SSSR count). The molecule has 1 saturated carbocycles. The minimum absolute atomic E-state index is 0.225. The Kier molecular flexibility index (Phi) is 3.70. The van der Waals surface area contributed by atoms with Gasteiger partial charge in [0.25, 0.3) is 0 Å². The second-order valence-electron chi connectivity index (χ2n) is 4.27. The van der Waals surface area contributed by atoms with Crippen molar-refractivity contribution in [3.8, 4) is 0 Å². The van der Waals surface area contributed by atoms with Gasteiger partial charge in [-0.1, -0.05) is 0 Å². The van der Waals surface area contributed by atoms with Gasteiger partial charge in [0, 0.05) is 0 Å². The largest absolute Gasteiger partial charge is 0.393 e. The van der Waals surface area contributed by atoms with Gasteiger partial charge in [-0.15, -0.1) is 0 Å². The molecule has 1 fully saturated rings. The monoisotopic (exact) mass is 221 g/mol. The van der Waals surface area contributed by atoms with E-state index >= 15 is 0 Å². The van der Waals surface area contributed by atoms with Crippen LogP contribution in [0, 0.1) is 0 Å². The summed E-state index contributed by atoms with van der Waals surface area (Å²) >= 11 is 0. The van der Waals surface area contributed by atoms with E-state index in [1.807, 2.05) is 0 Å². The number of rotatable bonds is 3. The van der Waals surface area contributed by atoms with Gasteiger partial charge >= 0.3 is 0 Å². The summed E-state index contributed by atoms with van der Waals surface area (Å²) < 4.78 is 5.32. The van der Waals surface area contributed by atoms with E-state index in [9.17, 15) is 15.3 Å². The highest BCUT2D eigenvalue weighted by molar-refractivity contribution is 5.12. The van der Waals surface area contributed by atoms with Crippen molar-refractivity contribution in [1.82, 2.24) is 0 Å². The summed E-state index contributed by atoms with van der Waals surface area (Å²) in [6.45, 7) is 2.76. The Labute approximate surface area is 88.3 Å². The molecule has 0 spiro atoms. The number of aliphatic hydroxyl groups is 4. The van der Waals surface area contributed by atoms with Crippen LogP contribution in [-0.4, -0.2) is 63.1 Å². The van der Waals surface area contributed by atoms with Crippen LogP contribution in [-0.2, 0) is 4.74 Å². The Balaban J connectivity index is 2.90. The first kappa shape index (κ1) is 12.8. The molecule has 6 nitrogen and oxygen atoms in total. The molecule has 0 bridgehead atoms. The van der Waals surface area contributed by atoms with Crippen LogP contribution >= 0.6 is 0 Å². The van der Waals surface area contributed by atoms with Crippen LogP contribution in [0.2, 0.25) is 0 Å². The summed E-state index contributed by atoms with van der Waals surface area (Å²) in [6, 6.07) is -0.917. The van der Waals surface area contributed by atoms with Crippen LogP contribution in [0.3, 0.4) is 0 Å². The second-order valence-corrected chi connectivity index (χ2v) is 4.27. The fourth-order valence-electron chi connectivity index (χ4n) is 1.87. The summed E-state index contributed by atoms with van der Waals surface area (Å²) in [5, 5.41) is 38.1. The van der Waals surface area contributed by atoms with Gasteiger partial charge in [0.05, 0.1) is 18.8 Å². The number of nitrogens with two attached hydrogens (primary N) is 1. The van der Waals surface area contributed by atoms with Gasteiger partial charge in [0.15, 0.2) is 0 Å². The van der Waals surface area contributed by atoms with Crippen molar-refractivity contribution >= 4 is 0 Å². The summed E-state index contributed by atoms with van der Waals surface area (Å²) in [5.74, 6) is 0. The van der Waals surface area contributed by atoms with Crippen molar-refractivity contribution in [2.24, 2.45) is 5.73 Å². The molecule has 6 N–H and O–H groups in total. The van der Waals surface area contributed by atoms with E-state index in [1.165, 1.54) is 0 Å². The smallest absolute Gasteiger partial charge is 0.144 e. The van der Waals surface area contributed by atoms with E-state index in [0.29, 0.717) is 0 Å². The molecule has 0 heterocycles. The number of ether oxygens (including phenoxy) is 1. The number of hydrogen-bond donors (Lipinski definition) is 5. The number of hydrogen-bond acceptors (Lipinski definition) is 6. The zero-order chi connectivity index (χ0) is 11.8. The molecule has 0 amide bonds. The fraction of sp³-hybridized carbons (Fsp3) is 1.00. The first-order chi connectivity index (χ1) is 6.84. The Bertz CT molecular complexity index is 225.